The zero-order chi connectivity index (χ0) is 8.27. The number of nitrogens with one attached hydrogen (secondary N) is 1. The maximum Gasteiger partial charge on any atom is 0.235 e. The van der Waals surface area contributed by atoms with Gasteiger partial charge in [-0.3, -0.25) is 4.79 Å². The van der Waals surface area contributed by atoms with E-state index in [4.69, 9.17) is 11.6 Å². The molecule has 60 valence electrons. The molecule has 1 aromatic rings. The minimum Gasteiger partial charge on any atom is -0.301 e. The lowest BCUT2D eigenvalue weighted by atomic mass is 10.7. The second kappa shape index (κ2) is 3.94. The summed E-state index contributed by atoms with van der Waals surface area (Å²) in [5.74, 6) is -0.0312. The van der Waals surface area contributed by atoms with Gasteiger partial charge in [0, 0.05) is 0 Å². The lowest BCUT2D eigenvalue weighted by Gasteiger charge is -1.94. The van der Waals surface area contributed by atoms with Gasteiger partial charge in [0.15, 0.2) is 5.13 Å². The molecule has 0 atom stereocenters. The van der Waals surface area contributed by atoms with E-state index in [2.05, 4.69) is 22.9 Å². The summed E-state index contributed by atoms with van der Waals surface area (Å²) < 4.78 is 0.555. The minimum atomic E-state index is -0.181. The highest BCUT2D eigenvalue weighted by atomic mass is 35.5. The molecule has 0 unspecified atom stereocenters. The second-order valence-corrected chi connectivity index (χ2v) is 3.65. The molecule has 0 saturated heterocycles. The van der Waals surface area contributed by atoms with Crippen LogP contribution in [-0.2, 0) is 4.79 Å². The molecule has 1 rings (SSSR count). The van der Waals surface area contributed by atoms with Crippen LogP contribution in [0.3, 0.4) is 0 Å². The summed E-state index contributed by atoms with van der Waals surface area (Å²) in [5.41, 5.74) is 0. The molecule has 0 fully saturated rings. The fraction of sp³-hybridized carbons (Fsp3) is 0.200. The third-order valence-electron chi connectivity index (χ3n) is 0.867. The largest absolute Gasteiger partial charge is 0.301 e. The van der Waals surface area contributed by atoms with Crippen LogP contribution in [0.2, 0.25) is 4.34 Å². The Morgan fingerprint density at radius 3 is 3.09 bits per heavy atom. The Morgan fingerprint density at radius 2 is 2.64 bits per heavy atom. The standard InChI is InChI=1S/C5H5ClN2OS2/c6-3-1-7-5(11-3)8-4(9)2-10/h1,10H,2H2,(H,7,8,9). The van der Waals surface area contributed by atoms with E-state index in [0.29, 0.717) is 9.47 Å². The lowest BCUT2D eigenvalue weighted by molar-refractivity contribution is -0.113. The number of nitrogens with zero attached hydrogens (tertiary/aromatic N) is 1. The fourth-order valence-corrected chi connectivity index (χ4v) is 1.38. The number of aromatic nitrogens is 1. The van der Waals surface area contributed by atoms with Crippen molar-refractivity contribution in [1.82, 2.24) is 4.98 Å². The number of carbonyl (C=O) groups is 1. The average molecular weight is 209 g/mol. The molecule has 0 saturated carbocycles. The number of anilines is 1. The van der Waals surface area contributed by atoms with Crippen molar-refractivity contribution in [3.8, 4) is 0 Å². The summed E-state index contributed by atoms with van der Waals surface area (Å²) in [6, 6.07) is 0. The Morgan fingerprint density at radius 1 is 1.91 bits per heavy atom. The van der Waals surface area contributed by atoms with Gasteiger partial charge in [0.2, 0.25) is 5.91 Å². The maximum absolute atomic E-state index is 10.7. The van der Waals surface area contributed by atoms with Crippen molar-refractivity contribution < 1.29 is 4.79 Å². The van der Waals surface area contributed by atoms with E-state index in [9.17, 15) is 4.79 Å². The Labute approximate surface area is 78.2 Å². The third-order valence-corrected chi connectivity index (χ3v) is 2.18. The smallest absolute Gasteiger partial charge is 0.235 e. The number of halogens is 1. The molecule has 1 N–H and O–H groups in total. The first-order valence-electron chi connectivity index (χ1n) is 2.74. The first-order valence-corrected chi connectivity index (χ1v) is 4.57. The second-order valence-electron chi connectivity index (χ2n) is 1.68. The quantitative estimate of drug-likeness (QED) is 0.726. The van der Waals surface area contributed by atoms with E-state index in [0.717, 1.165) is 0 Å². The number of hydrogen-bond donors (Lipinski definition) is 2. The number of thiol groups is 1. The van der Waals surface area contributed by atoms with E-state index in [1.165, 1.54) is 17.5 Å². The topological polar surface area (TPSA) is 42.0 Å². The Hall–Kier alpha value is -0.260. The molecule has 0 aliphatic carbocycles. The number of carbonyl (C=O) groups excluding carboxylic acids is 1. The van der Waals surface area contributed by atoms with Gasteiger partial charge >= 0.3 is 0 Å². The van der Waals surface area contributed by atoms with Gasteiger partial charge in [-0.25, -0.2) is 4.98 Å². The van der Waals surface area contributed by atoms with Gasteiger partial charge in [-0.1, -0.05) is 22.9 Å². The van der Waals surface area contributed by atoms with E-state index >= 15 is 0 Å². The van der Waals surface area contributed by atoms with Gasteiger partial charge in [-0.2, -0.15) is 12.6 Å². The summed E-state index contributed by atoms with van der Waals surface area (Å²) in [5, 5.41) is 3.03. The van der Waals surface area contributed by atoms with Crippen molar-refractivity contribution in [3.05, 3.63) is 10.5 Å². The Kier molecular flexibility index (Phi) is 3.16. The molecule has 0 radical (unpaired) electrons. The monoisotopic (exact) mass is 208 g/mol. The molecular formula is C5H5ClN2OS2. The summed E-state index contributed by atoms with van der Waals surface area (Å²) in [6.45, 7) is 0. The minimum absolute atomic E-state index is 0.150. The first-order chi connectivity index (χ1) is 5.22. The lowest BCUT2D eigenvalue weighted by Crippen LogP contribution is -2.11. The SMILES string of the molecule is O=C(CS)Nc1ncc(Cl)s1. The fourth-order valence-electron chi connectivity index (χ4n) is 0.471. The van der Waals surface area contributed by atoms with E-state index in [1.807, 2.05) is 0 Å². The molecule has 1 amide bonds. The molecule has 1 heterocycles. The molecule has 0 spiro atoms. The van der Waals surface area contributed by atoms with Crippen LogP contribution in [-0.4, -0.2) is 16.6 Å². The van der Waals surface area contributed by atoms with Crippen molar-refractivity contribution in [2.45, 2.75) is 0 Å². The van der Waals surface area contributed by atoms with Gasteiger partial charge in [0.05, 0.1) is 11.9 Å². The van der Waals surface area contributed by atoms with Gasteiger partial charge in [-0.15, -0.1) is 0 Å². The van der Waals surface area contributed by atoms with Crippen molar-refractivity contribution in [1.29, 1.82) is 0 Å². The molecule has 3 nitrogen and oxygen atoms in total. The predicted molar refractivity (Wildman–Crippen MR) is 49.6 cm³/mol. The molecule has 0 aliphatic heterocycles. The zero-order valence-corrected chi connectivity index (χ0v) is 7.84. The van der Waals surface area contributed by atoms with Gasteiger partial charge < -0.3 is 5.32 Å². The number of thiazole rings is 1. The maximum atomic E-state index is 10.7. The number of amides is 1. The highest BCUT2D eigenvalue weighted by Crippen LogP contribution is 2.22. The first kappa shape index (κ1) is 8.83. The molecule has 6 heteroatoms. The van der Waals surface area contributed by atoms with Crippen LogP contribution in [0.25, 0.3) is 0 Å². The van der Waals surface area contributed by atoms with E-state index in [1.54, 1.807) is 0 Å². The summed E-state index contributed by atoms with van der Waals surface area (Å²) >= 11 is 10.6. The predicted octanol–water partition coefficient (Wildman–Crippen LogP) is 1.66. The van der Waals surface area contributed by atoms with Crippen molar-refractivity contribution >= 4 is 46.6 Å². The normalized spacial score (nSPS) is 9.64. The number of rotatable bonds is 2. The Balaban J connectivity index is 2.57. The summed E-state index contributed by atoms with van der Waals surface area (Å²) in [7, 11) is 0. The zero-order valence-electron chi connectivity index (χ0n) is 5.37. The summed E-state index contributed by atoms with van der Waals surface area (Å²) in [4.78, 5) is 14.6. The summed E-state index contributed by atoms with van der Waals surface area (Å²) in [6.07, 6.45) is 1.49. The highest BCUT2D eigenvalue weighted by molar-refractivity contribution is 7.81. The molecule has 11 heavy (non-hydrogen) atoms. The highest BCUT2D eigenvalue weighted by Gasteiger charge is 2.02. The van der Waals surface area contributed by atoms with E-state index < -0.39 is 0 Å². The molecule has 0 aliphatic rings. The van der Waals surface area contributed by atoms with Crippen molar-refractivity contribution in [2.75, 3.05) is 11.1 Å². The van der Waals surface area contributed by atoms with Crippen LogP contribution < -0.4 is 5.32 Å². The molecule has 1 aromatic heterocycles. The molecule has 0 aromatic carbocycles. The molecular weight excluding hydrogens is 204 g/mol. The van der Waals surface area contributed by atoms with Gasteiger partial charge in [0.25, 0.3) is 0 Å². The van der Waals surface area contributed by atoms with Gasteiger partial charge in [-0.05, 0) is 0 Å². The van der Waals surface area contributed by atoms with Crippen LogP contribution >= 0.6 is 35.6 Å². The van der Waals surface area contributed by atoms with Gasteiger partial charge in [0.1, 0.15) is 4.34 Å². The van der Waals surface area contributed by atoms with Crippen LogP contribution in [0.15, 0.2) is 6.20 Å². The molecule has 0 bridgehead atoms. The van der Waals surface area contributed by atoms with Crippen LogP contribution in [0.1, 0.15) is 0 Å². The van der Waals surface area contributed by atoms with Crippen LogP contribution in [0.4, 0.5) is 5.13 Å². The average Bonchev–Trinajstić information content (AvgIpc) is 2.35. The third kappa shape index (κ3) is 2.69. The van der Waals surface area contributed by atoms with Crippen molar-refractivity contribution in [3.63, 3.8) is 0 Å². The van der Waals surface area contributed by atoms with Crippen LogP contribution in [0, 0.1) is 0 Å². The van der Waals surface area contributed by atoms with Crippen molar-refractivity contribution in [2.24, 2.45) is 0 Å². The van der Waals surface area contributed by atoms with E-state index in [-0.39, 0.29) is 11.7 Å². The Bertz CT molecular complexity index is 263. The number of hydrogen-bond acceptors (Lipinski definition) is 4. The van der Waals surface area contributed by atoms with Crippen LogP contribution in [0.5, 0.6) is 0 Å².